The van der Waals surface area contributed by atoms with Crippen molar-refractivity contribution >= 4 is 34.2 Å². The number of benzene rings is 2. The van der Waals surface area contributed by atoms with Gasteiger partial charge in [-0.15, -0.1) is 11.6 Å². The van der Waals surface area contributed by atoms with E-state index in [-0.39, 0.29) is 5.82 Å². The van der Waals surface area contributed by atoms with Crippen molar-refractivity contribution in [3.8, 4) is 5.69 Å². The average molecular weight is 323 g/mol. The molecule has 0 unspecified atom stereocenters. The lowest BCUT2D eigenvalue weighted by Gasteiger charge is -2.10. The summed E-state index contributed by atoms with van der Waals surface area (Å²) in [5, 5.41) is 0.620. The molecule has 0 aliphatic heterocycles. The van der Waals surface area contributed by atoms with Gasteiger partial charge in [-0.2, -0.15) is 0 Å². The maximum Gasteiger partial charge on any atom is 0.125 e. The highest BCUT2D eigenvalue weighted by atomic mass is 35.5. The topological polar surface area (TPSA) is 17.8 Å². The number of nitrogens with zero attached hydrogens (tertiary/aromatic N) is 2. The Labute approximate surface area is 132 Å². The van der Waals surface area contributed by atoms with Crippen LogP contribution in [0, 0.1) is 12.7 Å². The molecule has 108 valence electrons. The van der Waals surface area contributed by atoms with E-state index >= 15 is 0 Å². The molecule has 0 bridgehead atoms. The van der Waals surface area contributed by atoms with Gasteiger partial charge in [-0.3, -0.25) is 4.57 Å². The third-order valence-corrected chi connectivity index (χ3v) is 3.71. The molecule has 0 N–H and O–H groups in total. The van der Waals surface area contributed by atoms with Crippen molar-refractivity contribution in [2.24, 2.45) is 0 Å². The minimum atomic E-state index is -0.272. The summed E-state index contributed by atoms with van der Waals surface area (Å²) in [4.78, 5) is 4.58. The highest BCUT2D eigenvalue weighted by Crippen LogP contribution is 2.26. The van der Waals surface area contributed by atoms with Crippen LogP contribution >= 0.6 is 23.2 Å². The van der Waals surface area contributed by atoms with Gasteiger partial charge >= 0.3 is 0 Å². The van der Waals surface area contributed by atoms with E-state index in [4.69, 9.17) is 23.2 Å². The van der Waals surface area contributed by atoms with E-state index in [0.717, 1.165) is 28.1 Å². The number of aryl methyl sites for hydroxylation is 2. The predicted octanol–water partition coefficient (Wildman–Crippen LogP) is 4.91. The molecule has 0 fully saturated rings. The molecule has 0 saturated heterocycles. The summed E-state index contributed by atoms with van der Waals surface area (Å²) in [7, 11) is 0. The molecule has 1 aromatic heterocycles. The summed E-state index contributed by atoms with van der Waals surface area (Å²) in [6, 6.07) is 10.4. The average Bonchev–Trinajstić information content (AvgIpc) is 2.75. The lowest BCUT2D eigenvalue weighted by atomic mass is 10.2. The summed E-state index contributed by atoms with van der Waals surface area (Å²) in [5.41, 5.74) is 3.26. The molecule has 0 amide bonds. The fourth-order valence-corrected chi connectivity index (χ4v) is 2.82. The Morgan fingerprint density at radius 2 is 2.00 bits per heavy atom. The Bertz CT molecular complexity index is 791. The molecule has 2 aromatic carbocycles. The first-order chi connectivity index (χ1) is 10.1. The summed E-state index contributed by atoms with van der Waals surface area (Å²) < 4.78 is 15.6. The van der Waals surface area contributed by atoms with Crippen molar-refractivity contribution in [1.82, 2.24) is 9.55 Å². The van der Waals surface area contributed by atoms with Crippen molar-refractivity contribution in [2.45, 2.75) is 13.3 Å². The maximum atomic E-state index is 13.7. The van der Waals surface area contributed by atoms with Crippen molar-refractivity contribution in [2.75, 3.05) is 5.88 Å². The SMILES string of the molecule is Cc1cc(F)cc(-n2c(CCCl)nc3ccc(Cl)cc32)c1. The third kappa shape index (κ3) is 2.76. The van der Waals surface area contributed by atoms with Crippen LogP contribution < -0.4 is 0 Å². The second-order valence-electron chi connectivity index (χ2n) is 4.92. The number of hydrogen-bond donors (Lipinski definition) is 0. The van der Waals surface area contributed by atoms with Crippen molar-refractivity contribution < 1.29 is 4.39 Å². The van der Waals surface area contributed by atoms with Gasteiger partial charge in [0.05, 0.1) is 16.7 Å². The first kappa shape index (κ1) is 14.4. The van der Waals surface area contributed by atoms with Gasteiger partial charge in [-0.1, -0.05) is 11.6 Å². The number of imidazole rings is 1. The summed E-state index contributed by atoms with van der Waals surface area (Å²) in [5.74, 6) is 0.976. The molecule has 1 heterocycles. The van der Waals surface area contributed by atoms with Crippen molar-refractivity contribution in [3.63, 3.8) is 0 Å². The Kier molecular flexibility index (Phi) is 3.87. The highest BCUT2D eigenvalue weighted by molar-refractivity contribution is 6.31. The predicted molar refractivity (Wildman–Crippen MR) is 85.2 cm³/mol. The second-order valence-corrected chi connectivity index (χ2v) is 5.74. The lowest BCUT2D eigenvalue weighted by Crippen LogP contribution is -2.03. The third-order valence-electron chi connectivity index (χ3n) is 3.29. The normalized spacial score (nSPS) is 11.2. The molecule has 0 atom stereocenters. The Balaban J connectivity index is 2.32. The number of rotatable bonds is 3. The smallest absolute Gasteiger partial charge is 0.125 e. The lowest BCUT2D eigenvalue weighted by molar-refractivity contribution is 0.625. The quantitative estimate of drug-likeness (QED) is 0.626. The van der Waals surface area contributed by atoms with E-state index < -0.39 is 0 Å². The van der Waals surface area contributed by atoms with Crippen LogP contribution in [0.25, 0.3) is 16.7 Å². The number of fused-ring (bicyclic) bond motifs is 1. The Morgan fingerprint density at radius 3 is 2.71 bits per heavy atom. The van der Waals surface area contributed by atoms with E-state index in [1.165, 1.54) is 12.1 Å². The minimum Gasteiger partial charge on any atom is -0.296 e. The first-order valence-electron chi connectivity index (χ1n) is 6.59. The van der Waals surface area contributed by atoms with Crippen LogP contribution in [0.4, 0.5) is 4.39 Å². The fourth-order valence-electron chi connectivity index (χ4n) is 2.48. The second kappa shape index (κ2) is 5.66. The molecule has 0 aliphatic rings. The standard InChI is InChI=1S/C16H13Cl2FN2/c1-10-6-12(19)9-13(7-10)21-15-8-11(18)2-3-14(15)20-16(21)4-5-17/h2-3,6-9H,4-5H2,1H3. The van der Waals surface area contributed by atoms with Crippen LogP contribution in [0.2, 0.25) is 5.02 Å². The number of halogens is 3. The molecule has 21 heavy (non-hydrogen) atoms. The molecule has 5 heteroatoms. The van der Waals surface area contributed by atoms with Gasteiger partial charge < -0.3 is 0 Å². The van der Waals surface area contributed by atoms with Crippen LogP contribution in [-0.4, -0.2) is 15.4 Å². The van der Waals surface area contributed by atoms with E-state index in [2.05, 4.69) is 4.98 Å². The molecule has 0 aliphatic carbocycles. The molecule has 0 radical (unpaired) electrons. The number of hydrogen-bond acceptors (Lipinski definition) is 1. The molecule has 0 saturated carbocycles. The molecular formula is C16H13Cl2FN2. The molecule has 2 nitrogen and oxygen atoms in total. The van der Waals surface area contributed by atoms with Crippen molar-refractivity contribution in [1.29, 1.82) is 0 Å². The molecule has 3 aromatic rings. The Hall–Kier alpha value is -1.58. The summed E-state index contributed by atoms with van der Waals surface area (Å²) >= 11 is 11.9. The number of alkyl halides is 1. The highest BCUT2D eigenvalue weighted by Gasteiger charge is 2.13. The molecule has 0 spiro atoms. The van der Waals surface area contributed by atoms with E-state index in [0.29, 0.717) is 17.3 Å². The van der Waals surface area contributed by atoms with E-state index in [9.17, 15) is 4.39 Å². The maximum absolute atomic E-state index is 13.7. The number of aromatic nitrogens is 2. The zero-order valence-electron chi connectivity index (χ0n) is 11.4. The molecule has 3 rings (SSSR count). The van der Waals surface area contributed by atoms with Crippen LogP contribution in [0.1, 0.15) is 11.4 Å². The minimum absolute atomic E-state index is 0.272. The van der Waals surface area contributed by atoms with Crippen LogP contribution in [0.5, 0.6) is 0 Å². The monoisotopic (exact) mass is 322 g/mol. The molecular weight excluding hydrogens is 310 g/mol. The van der Waals surface area contributed by atoms with Gasteiger partial charge in [0.2, 0.25) is 0 Å². The first-order valence-corrected chi connectivity index (χ1v) is 7.50. The van der Waals surface area contributed by atoms with E-state index in [1.54, 1.807) is 6.07 Å². The largest absolute Gasteiger partial charge is 0.296 e. The zero-order chi connectivity index (χ0) is 15.0. The zero-order valence-corrected chi connectivity index (χ0v) is 12.9. The van der Waals surface area contributed by atoms with Crippen molar-refractivity contribution in [3.05, 3.63) is 58.6 Å². The van der Waals surface area contributed by atoms with Gasteiger partial charge in [0.1, 0.15) is 11.6 Å². The van der Waals surface area contributed by atoms with Gasteiger partial charge in [0.25, 0.3) is 0 Å². The summed E-state index contributed by atoms with van der Waals surface area (Å²) in [6.45, 7) is 1.86. The van der Waals surface area contributed by atoms with Crippen LogP contribution in [0.15, 0.2) is 36.4 Å². The fraction of sp³-hybridized carbons (Fsp3) is 0.188. The van der Waals surface area contributed by atoms with Crippen LogP contribution in [-0.2, 0) is 6.42 Å². The Morgan fingerprint density at radius 1 is 1.19 bits per heavy atom. The van der Waals surface area contributed by atoms with E-state index in [1.807, 2.05) is 29.7 Å². The summed E-state index contributed by atoms with van der Waals surface area (Å²) in [6.07, 6.45) is 0.601. The van der Waals surface area contributed by atoms with Gasteiger partial charge in [0.15, 0.2) is 0 Å². The van der Waals surface area contributed by atoms with Crippen LogP contribution in [0.3, 0.4) is 0 Å². The van der Waals surface area contributed by atoms with Gasteiger partial charge in [-0.25, -0.2) is 9.37 Å². The van der Waals surface area contributed by atoms with Gasteiger partial charge in [0, 0.05) is 17.3 Å². The van der Waals surface area contributed by atoms with Gasteiger partial charge in [-0.05, 0) is 48.9 Å².